The average Bonchev–Trinajstić information content (AvgIpc) is 3.53. The maximum absolute atomic E-state index is 12.9. The molecule has 0 unspecified atom stereocenters. The number of pyridine rings is 1. The third-order valence-corrected chi connectivity index (χ3v) is 6.03. The van der Waals surface area contributed by atoms with Crippen LogP contribution in [0.4, 0.5) is 10.5 Å². The highest BCUT2D eigenvalue weighted by Gasteiger charge is 2.24. The SMILES string of the molecule is COc1cc2nccc(Oc3ccc(NC(=O)NC4CC4)c(Cl)c3)c2cc1C(=O)NCC1OCCO1. The molecule has 2 fully saturated rings. The monoisotopic (exact) mass is 512 g/mol. The summed E-state index contributed by atoms with van der Waals surface area (Å²) in [4.78, 5) is 29.3. The Labute approximate surface area is 212 Å². The van der Waals surface area contributed by atoms with Crippen LogP contribution in [0, 0.1) is 0 Å². The number of hydrogen-bond donors (Lipinski definition) is 3. The zero-order valence-corrected chi connectivity index (χ0v) is 20.3. The number of fused-ring (bicyclic) bond motifs is 1. The first kappa shape index (κ1) is 24.1. The average molecular weight is 513 g/mol. The zero-order chi connectivity index (χ0) is 25.1. The minimum Gasteiger partial charge on any atom is -0.496 e. The minimum absolute atomic E-state index is 0.216. The number of hydrogen-bond acceptors (Lipinski definition) is 7. The summed E-state index contributed by atoms with van der Waals surface area (Å²) in [6, 6.07) is 9.96. The van der Waals surface area contributed by atoms with Gasteiger partial charge >= 0.3 is 6.03 Å². The summed E-state index contributed by atoms with van der Waals surface area (Å²) < 4.78 is 22.3. The molecule has 2 aromatic carbocycles. The molecule has 10 nitrogen and oxygen atoms in total. The van der Waals surface area contributed by atoms with Crippen LogP contribution < -0.4 is 25.4 Å². The van der Waals surface area contributed by atoms with Crippen LogP contribution in [0.25, 0.3) is 10.9 Å². The summed E-state index contributed by atoms with van der Waals surface area (Å²) in [5.41, 5.74) is 1.38. The van der Waals surface area contributed by atoms with Crippen molar-refractivity contribution < 1.29 is 28.5 Å². The number of aromatic nitrogens is 1. The Morgan fingerprint density at radius 3 is 2.64 bits per heavy atom. The van der Waals surface area contributed by atoms with Gasteiger partial charge in [-0.1, -0.05) is 11.6 Å². The number of nitrogens with one attached hydrogen (secondary N) is 3. The molecule has 0 radical (unpaired) electrons. The van der Waals surface area contributed by atoms with E-state index in [1.165, 1.54) is 7.11 Å². The molecule has 3 amide bonds. The predicted octanol–water partition coefficient (Wildman–Crippen LogP) is 4.08. The summed E-state index contributed by atoms with van der Waals surface area (Å²) in [7, 11) is 1.49. The molecule has 0 atom stereocenters. The highest BCUT2D eigenvalue weighted by molar-refractivity contribution is 6.33. The molecule has 36 heavy (non-hydrogen) atoms. The Kier molecular flexibility index (Phi) is 7.08. The fourth-order valence-corrected chi connectivity index (χ4v) is 3.96. The van der Waals surface area contributed by atoms with E-state index in [2.05, 4.69) is 20.9 Å². The minimum atomic E-state index is -0.469. The number of urea groups is 1. The smallest absolute Gasteiger partial charge is 0.319 e. The highest BCUT2D eigenvalue weighted by Crippen LogP contribution is 2.35. The van der Waals surface area contributed by atoms with E-state index in [0.29, 0.717) is 57.6 Å². The van der Waals surface area contributed by atoms with Crippen LogP contribution in [0.5, 0.6) is 17.2 Å². The molecule has 0 bridgehead atoms. The normalized spacial score (nSPS) is 15.5. The molecule has 3 aromatic rings. The van der Waals surface area contributed by atoms with Gasteiger partial charge in [0.15, 0.2) is 6.29 Å². The van der Waals surface area contributed by atoms with E-state index in [1.807, 2.05) is 0 Å². The van der Waals surface area contributed by atoms with E-state index >= 15 is 0 Å². The topological polar surface area (TPSA) is 120 Å². The molecule has 1 aliphatic carbocycles. The van der Waals surface area contributed by atoms with Crippen molar-refractivity contribution in [1.29, 1.82) is 0 Å². The van der Waals surface area contributed by atoms with Crippen molar-refractivity contribution in [3.63, 3.8) is 0 Å². The van der Waals surface area contributed by atoms with Gasteiger partial charge < -0.3 is 34.9 Å². The second kappa shape index (κ2) is 10.6. The van der Waals surface area contributed by atoms with Crippen LogP contribution in [0.2, 0.25) is 5.02 Å². The van der Waals surface area contributed by atoms with E-state index in [9.17, 15) is 9.59 Å². The molecular formula is C25H25ClN4O6. The number of amides is 3. The standard InChI is InChI=1S/C25H25ClN4O6/c1-33-22-12-20-16(11-17(22)24(31)28-13-23-34-8-9-35-23)21(6-7-27-20)36-15-4-5-19(18(26)10-15)30-25(32)29-14-2-3-14/h4-7,10-12,14,23H,2-3,8-9,13H2,1H3,(H,28,31)(H2,29,30,32). The van der Waals surface area contributed by atoms with Crippen LogP contribution in [-0.4, -0.2) is 56.1 Å². The first-order chi connectivity index (χ1) is 17.5. The Morgan fingerprint density at radius 1 is 1.11 bits per heavy atom. The third kappa shape index (κ3) is 5.62. The molecule has 1 aromatic heterocycles. The second-order valence-electron chi connectivity index (χ2n) is 8.38. The van der Waals surface area contributed by atoms with Gasteiger partial charge in [-0.2, -0.15) is 0 Å². The number of methoxy groups -OCH3 is 1. The third-order valence-electron chi connectivity index (χ3n) is 5.72. The van der Waals surface area contributed by atoms with Gasteiger partial charge in [-0.3, -0.25) is 9.78 Å². The van der Waals surface area contributed by atoms with Crippen molar-refractivity contribution in [3.05, 3.63) is 53.2 Å². The van der Waals surface area contributed by atoms with Crippen LogP contribution in [-0.2, 0) is 9.47 Å². The molecule has 11 heteroatoms. The summed E-state index contributed by atoms with van der Waals surface area (Å²) in [5, 5.41) is 9.34. The van der Waals surface area contributed by atoms with E-state index in [4.69, 9.17) is 30.5 Å². The molecule has 1 saturated heterocycles. The fraction of sp³-hybridized carbons (Fsp3) is 0.320. The van der Waals surface area contributed by atoms with Crippen molar-refractivity contribution in [2.45, 2.75) is 25.2 Å². The molecule has 1 aliphatic heterocycles. The Bertz CT molecular complexity index is 1290. The second-order valence-corrected chi connectivity index (χ2v) is 8.78. The number of ether oxygens (including phenoxy) is 4. The predicted molar refractivity (Wildman–Crippen MR) is 133 cm³/mol. The number of rotatable bonds is 8. The number of anilines is 1. The Hall–Kier alpha value is -3.60. The van der Waals surface area contributed by atoms with Crippen molar-refractivity contribution in [2.24, 2.45) is 0 Å². The Balaban J connectivity index is 1.36. The maximum atomic E-state index is 12.9. The van der Waals surface area contributed by atoms with Crippen LogP contribution in [0.3, 0.4) is 0 Å². The van der Waals surface area contributed by atoms with E-state index in [1.54, 1.807) is 42.6 Å². The van der Waals surface area contributed by atoms with E-state index in [0.717, 1.165) is 12.8 Å². The lowest BCUT2D eigenvalue weighted by atomic mass is 10.1. The van der Waals surface area contributed by atoms with Gasteiger partial charge in [-0.25, -0.2) is 4.79 Å². The number of benzene rings is 2. The van der Waals surface area contributed by atoms with Crippen LogP contribution in [0.1, 0.15) is 23.2 Å². The summed E-state index contributed by atoms with van der Waals surface area (Å²) in [6.07, 6.45) is 3.12. The molecule has 0 spiro atoms. The lowest BCUT2D eigenvalue weighted by Gasteiger charge is -2.15. The maximum Gasteiger partial charge on any atom is 0.319 e. The number of nitrogens with zero attached hydrogens (tertiary/aromatic N) is 1. The van der Waals surface area contributed by atoms with Crippen molar-refractivity contribution in [1.82, 2.24) is 15.6 Å². The zero-order valence-electron chi connectivity index (χ0n) is 19.5. The van der Waals surface area contributed by atoms with E-state index < -0.39 is 6.29 Å². The summed E-state index contributed by atoms with van der Waals surface area (Å²) in [5.74, 6) is 0.965. The molecule has 2 aliphatic rings. The molecule has 5 rings (SSSR count). The number of carbonyl (C=O) groups is 2. The van der Waals surface area contributed by atoms with E-state index in [-0.39, 0.29) is 24.5 Å². The quantitative estimate of drug-likeness (QED) is 0.416. The highest BCUT2D eigenvalue weighted by atomic mass is 35.5. The lowest BCUT2D eigenvalue weighted by molar-refractivity contribution is -0.0379. The van der Waals surface area contributed by atoms with Crippen molar-refractivity contribution in [3.8, 4) is 17.2 Å². The molecule has 2 heterocycles. The van der Waals surface area contributed by atoms with Gasteiger partial charge in [-0.15, -0.1) is 0 Å². The van der Waals surface area contributed by atoms with Crippen LogP contribution in [0.15, 0.2) is 42.6 Å². The first-order valence-corrected chi connectivity index (χ1v) is 11.9. The molecule has 1 saturated carbocycles. The lowest BCUT2D eigenvalue weighted by Crippen LogP contribution is -2.32. The number of carbonyl (C=O) groups excluding carboxylic acids is 2. The van der Waals surface area contributed by atoms with Gasteiger partial charge in [-0.05, 0) is 37.1 Å². The largest absolute Gasteiger partial charge is 0.496 e. The molecule has 188 valence electrons. The van der Waals surface area contributed by atoms with Gasteiger partial charge in [0.05, 0.1) is 48.7 Å². The van der Waals surface area contributed by atoms with Crippen molar-refractivity contribution >= 4 is 40.1 Å². The van der Waals surface area contributed by atoms with Gasteiger partial charge in [0.1, 0.15) is 17.2 Å². The number of halogens is 1. The Morgan fingerprint density at radius 2 is 1.92 bits per heavy atom. The van der Waals surface area contributed by atoms with Gasteiger partial charge in [0, 0.05) is 29.8 Å². The van der Waals surface area contributed by atoms with Crippen molar-refractivity contribution in [2.75, 3.05) is 32.2 Å². The summed E-state index contributed by atoms with van der Waals surface area (Å²) in [6.45, 7) is 1.22. The van der Waals surface area contributed by atoms with Gasteiger partial charge in [0.2, 0.25) is 0 Å². The molecular weight excluding hydrogens is 488 g/mol. The fourth-order valence-electron chi connectivity index (χ4n) is 3.74. The summed E-state index contributed by atoms with van der Waals surface area (Å²) >= 11 is 6.38. The van der Waals surface area contributed by atoms with Crippen LogP contribution >= 0.6 is 11.6 Å². The first-order valence-electron chi connectivity index (χ1n) is 11.5. The molecule has 3 N–H and O–H groups in total. The van der Waals surface area contributed by atoms with Gasteiger partial charge in [0.25, 0.3) is 5.91 Å².